The quantitative estimate of drug-likeness (QED) is 0.655. The number of benzene rings is 1. The van der Waals surface area contributed by atoms with Crippen molar-refractivity contribution in [2.45, 2.75) is 0 Å². The molecule has 5 heteroatoms. The van der Waals surface area contributed by atoms with Crippen LogP contribution in [0.3, 0.4) is 0 Å². The molecule has 0 radical (unpaired) electrons. The first-order valence-corrected chi connectivity index (χ1v) is 5.59. The maximum absolute atomic E-state index is 13.2. The fourth-order valence-corrected chi connectivity index (χ4v) is 1.49. The Balaban J connectivity index is 2.04. The Morgan fingerprint density at radius 1 is 1.37 bits per heavy atom. The number of nitrogens with two attached hydrogens (primary N) is 1. The summed E-state index contributed by atoms with van der Waals surface area (Å²) in [6.07, 6.45) is 5.36. The van der Waals surface area contributed by atoms with Crippen LogP contribution in [-0.4, -0.2) is 10.9 Å². The number of aromatic nitrogens is 1. The highest BCUT2D eigenvalue weighted by Gasteiger charge is 2.03. The number of anilines is 2. The lowest BCUT2D eigenvalue weighted by Crippen LogP contribution is -2.09. The molecule has 0 unspecified atom stereocenters. The summed E-state index contributed by atoms with van der Waals surface area (Å²) in [6, 6.07) is 8.48. The number of hydrogen-bond donors (Lipinski definition) is 2. The molecule has 96 valence electrons. The summed E-state index contributed by atoms with van der Waals surface area (Å²) in [4.78, 5) is 15.2. The number of halogens is 1. The zero-order valence-corrected chi connectivity index (χ0v) is 10.0. The minimum atomic E-state index is -0.576. The van der Waals surface area contributed by atoms with E-state index in [1.165, 1.54) is 18.3 Å². The number of nitrogens with one attached hydrogen (secondary N) is 1. The Morgan fingerprint density at radius 2 is 2.21 bits per heavy atom. The van der Waals surface area contributed by atoms with Crippen molar-refractivity contribution in [2.75, 3.05) is 11.1 Å². The van der Waals surface area contributed by atoms with Crippen LogP contribution in [0.5, 0.6) is 0 Å². The maximum atomic E-state index is 13.2. The normalized spacial score (nSPS) is 10.6. The Hall–Kier alpha value is -2.69. The highest BCUT2D eigenvalue weighted by atomic mass is 19.1. The van der Waals surface area contributed by atoms with E-state index in [-0.39, 0.29) is 5.69 Å². The zero-order valence-electron chi connectivity index (χ0n) is 10.0. The number of carbonyl (C=O) groups excluding carboxylic acids is 1. The molecule has 0 aliphatic carbocycles. The summed E-state index contributed by atoms with van der Waals surface area (Å²) in [5, 5.41) is 2.42. The van der Waals surface area contributed by atoms with Crippen molar-refractivity contribution in [3.8, 4) is 0 Å². The molecule has 0 saturated carbocycles. The molecule has 0 saturated heterocycles. The largest absolute Gasteiger partial charge is 0.399 e. The van der Waals surface area contributed by atoms with Crippen molar-refractivity contribution in [1.82, 2.24) is 4.98 Å². The van der Waals surface area contributed by atoms with Gasteiger partial charge in [0, 0.05) is 18.0 Å². The van der Waals surface area contributed by atoms with Crippen molar-refractivity contribution in [3.05, 3.63) is 60.2 Å². The predicted octanol–water partition coefficient (Wildman–Crippen LogP) is 2.45. The molecule has 3 N–H and O–H groups in total. The second-order valence-electron chi connectivity index (χ2n) is 3.85. The number of rotatable bonds is 3. The highest BCUT2D eigenvalue weighted by molar-refractivity contribution is 6.01. The molecule has 1 aromatic carbocycles. The van der Waals surface area contributed by atoms with E-state index in [0.717, 1.165) is 11.8 Å². The molecule has 0 spiro atoms. The Labute approximate surface area is 109 Å². The molecule has 0 aliphatic heterocycles. The summed E-state index contributed by atoms with van der Waals surface area (Å²) in [5.41, 5.74) is 7.12. The molecular weight excluding hydrogens is 245 g/mol. The van der Waals surface area contributed by atoms with Gasteiger partial charge in [0.25, 0.3) is 0 Å². The third-order valence-electron chi connectivity index (χ3n) is 2.37. The first-order chi connectivity index (χ1) is 9.15. The summed E-state index contributed by atoms with van der Waals surface area (Å²) in [5.74, 6) is -0.999. The topological polar surface area (TPSA) is 68.0 Å². The number of amides is 1. The molecule has 19 heavy (non-hydrogen) atoms. The van der Waals surface area contributed by atoms with Crippen molar-refractivity contribution < 1.29 is 9.18 Å². The molecular formula is C14H12FN3O. The molecule has 0 fully saturated rings. The average molecular weight is 257 g/mol. The van der Waals surface area contributed by atoms with Crippen LogP contribution in [0.4, 0.5) is 15.8 Å². The predicted molar refractivity (Wildman–Crippen MR) is 72.7 cm³/mol. The van der Waals surface area contributed by atoms with Crippen molar-refractivity contribution >= 4 is 23.4 Å². The summed E-state index contributed by atoms with van der Waals surface area (Å²) in [7, 11) is 0. The minimum Gasteiger partial charge on any atom is -0.399 e. The lowest BCUT2D eigenvalue weighted by atomic mass is 10.2. The van der Waals surface area contributed by atoms with Crippen LogP contribution < -0.4 is 11.1 Å². The molecule has 4 nitrogen and oxygen atoms in total. The van der Waals surface area contributed by atoms with Gasteiger partial charge in [-0.3, -0.25) is 9.78 Å². The van der Waals surface area contributed by atoms with Gasteiger partial charge in [-0.1, -0.05) is 12.1 Å². The van der Waals surface area contributed by atoms with Crippen LogP contribution in [0.1, 0.15) is 5.56 Å². The third kappa shape index (κ3) is 3.64. The molecule has 2 aromatic rings. The van der Waals surface area contributed by atoms with Crippen molar-refractivity contribution in [3.63, 3.8) is 0 Å². The van der Waals surface area contributed by atoms with Crippen molar-refractivity contribution in [2.24, 2.45) is 0 Å². The van der Waals surface area contributed by atoms with E-state index in [9.17, 15) is 9.18 Å². The fourth-order valence-electron chi connectivity index (χ4n) is 1.49. The summed E-state index contributed by atoms with van der Waals surface area (Å²) < 4.78 is 13.2. The van der Waals surface area contributed by atoms with E-state index >= 15 is 0 Å². The Morgan fingerprint density at radius 3 is 2.95 bits per heavy atom. The van der Waals surface area contributed by atoms with Crippen LogP contribution in [0.2, 0.25) is 0 Å². The van der Waals surface area contributed by atoms with Gasteiger partial charge < -0.3 is 11.1 Å². The van der Waals surface area contributed by atoms with Crippen LogP contribution in [0.15, 0.2) is 48.8 Å². The van der Waals surface area contributed by atoms with Crippen LogP contribution in [0, 0.1) is 5.82 Å². The van der Waals surface area contributed by atoms with Gasteiger partial charge in [-0.2, -0.15) is 0 Å². The smallest absolute Gasteiger partial charge is 0.248 e. The average Bonchev–Trinajstić information content (AvgIpc) is 2.39. The van der Waals surface area contributed by atoms with Crippen LogP contribution >= 0.6 is 0 Å². The first-order valence-electron chi connectivity index (χ1n) is 5.59. The lowest BCUT2D eigenvalue weighted by Gasteiger charge is -2.02. The van der Waals surface area contributed by atoms with E-state index in [2.05, 4.69) is 10.3 Å². The molecule has 0 atom stereocenters. The van der Waals surface area contributed by atoms with E-state index in [1.807, 2.05) is 6.07 Å². The SMILES string of the molecule is Nc1cccc(/C=C/C(=O)Nc2ccncc2F)c1. The van der Waals surface area contributed by atoms with Gasteiger partial charge in [0.2, 0.25) is 5.91 Å². The molecule has 1 aromatic heterocycles. The van der Waals surface area contributed by atoms with Gasteiger partial charge in [-0.15, -0.1) is 0 Å². The summed E-state index contributed by atoms with van der Waals surface area (Å²) in [6.45, 7) is 0. The Kier molecular flexibility index (Phi) is 3.87. The second kappa shape index (κ2) is 5.77. The van der Waals surface area contributed by atoms with E-state index in [0.29, 0.717) is 5.69 Å². The van der Waals surface area contributed by atoms with E-state index in [4.69, 9.17) is 5.73 Å². The lowest BCUT2D eigenvalue weighted by molar-refractivity contribution is -0.111. The summed E-state index contributed by atoms with van der Waals surface area (Å²) >= 11 is 0. The molecule has 0 bridgehead atoms. The van der Waals surface area contributed by atoms with Crippen molar-refractivity contribution in [1.29, 1.82) is 0 Å². The monoisotopic (exact) mass is 257 g/mol. The molecule has 0 aliphatic rings. The molecule has 1 heterocycles. The van der Waals surface area contributed by atoms with E-state index in [1.54, 1.807) is 24.3 Å². The Bertz CT molecular complexity index is 626. The number of nitrogen functional groups attached to an aromatic ring is 1. The van der Waals surface area contributed by atoms with E-state index < -0.39 is 11.7 Å². The third-order valence-corrected chi connectivity index (χ3v) is 2.37. The minimum absolute atomic E-state index is 0.0947. The van der Waals surface area contributed by atoms with Gasteiger partial charge in [0.1, 0.15) is 0 Å². The standard InChI is InChI=1S/C14H12FN3O/c15-12-9-17-7-6-13(12)18-14(19)5-4-10-2-1-3-11(16)8-10/h1-9H,16H2,(H,17,18,19)/b5-4+. The van der Waals surface area contributed by atoms with Gasteiger partial charge in [0.05, 0.1) is 11.9 Å². The zero-order chi connectivity index (χ0) is 13.7. The van der Waals surface area contributed by atoms with Crippen LogP contribution in [0.25, 0.3) is 6.08 Å². The molecule has 1 amide bonds. The second-order valence-corrected chi connectivity index (χ2v) is 3.85. The van der Waals surface area contributed by atoms with Gasteiger partial charge in [-0.05, 0) is 29.8 Å². The van der Waals surface area contributed by atoms with Gasteiger partial charge >= 0.3 is 0 Å². The first kappa shape index (κ1) is 12.8. The number of nitrogens with zero attached hydrogens (tertiary/aromatic N) is 1. The van der Waals surface area contributed by atoms with Gasteiger partial charge in [-0.25, -0.2) is 4.39 Å². The highest BCUT2D eigenvalue weighted by Crippen LogP contribution is 2.11. The number of hydrogen-bond acceptors (Lipinski definition) is 3. The number of pyridine rings is 1. The van der Waals surface area contributed by atoms with Crippen LogP contribution in [-0.2, 0) is 4.79 Å². The molecule has 2 rings (SSSR count). The maximum Gasteiger partial charge on any atom is 0.248 e. The fraction of sp³-hybridized carbons (Fsp3) is 0. The van der Waals surface area contributed by atoms with Gasteiger partial charge in [0.15, 0.2) is 5.82 Å². The number of carbonyl (C=O) groups is 1.